The van der Waals surface area contributed by atoms with Crippen LogP contribution in [0.25, 0.3) is 0 Å². The number of hydrogen-bond acceptors (Lipinski definition) is 3. The molecule has 0 saturated heterocycles. The largest absolute Gasteiger partial charge is 0.363 e. The Kier molecular flexibility index (Phi) is 17.3. The molecule has 112 valence electrons. The van der Waals surface area contributed by atoms with Gasteiger partial charge in [0.05, 0.1) is 5.33 Å². The number of nitrogens with zero attached hydrogens (tertiary/aromatic N) is 1. The van der Waals surface area contributed by atoms with E-state index in [1.807, 2.05) is 0 Å². The highest BCUT2D eigenvalue weighted by Crippen LogP contribution is 2.03. The predicted molar refractivity (Wildman–Crippen MR) is 88.3 cm³/mol. The third-order valence-electron chi connectivity index (χ3n) is 2.28. The van der Waals surface area contributed by atoms with E-state index in [4.69, 9.17) is 0 Å². The van der Waals surface area contributed by atoms with Crippen LogP contribution in [0.1, 0.15) is 52.4 Å². The number of nitrogens with one attached hydrogen (secondary N) is 1. The van der Waals surface area contributed by atoms with Crippen molar-refractivity contribution in [2.24, 2.45) is 0 Å². The van der Waals surface area contributed by atoms with Gasteiger partial charge < -0.3 is 9.84 Å². The fourth-order valence-electron chi connectivity index (χ4n) is 1.31. The van der Waals surface area contributed by atoms with Crippen molar-refractivity contribution in [1.29, 1.82) is 0 Å². The summed E-state index contributed by atoms with van der Waals surface area (Å²) in [5.41, 5.74) is 0. The van der Waals surface area contributed by atoms with Gasteiger partial charge in [0.1, 0.15) is 6.26 Å². The van der Waals surface area contributed by atoms with Gasteiger partial charge in [-0.25, -0.2) is 0 Å². The second kappa shape index (κ2) is 15.7. The van der Waals surface area contributed by atoms with Gasteiger partial charge in [0.15, 0.2) is 5.82 Å². The first kappa shape index (κ1) is 20.9. The molecular weight excluding hydrogens is 376 g/mol. The van der Waals surface area contributed by atoms with Gasteiger partial charge in [-0.1, -0.05) is 73.5 Å². The summed E-state index contributed by atoms with van der Waals surface area (Å²) in [6, 6.07) is 1.57. The minimum atomic E-state index is -0.145. The number of unbranched alkanes of at least 4 members (excludes halogenated alkanes) is 5. The van der Waals surface area contributed by atoms with Gasteiger partial charge in [-0.05, 0) is 0 Å². The monoisotopic (exact) mass is 398 g/mol. The molecule has 1 amide bonds. The predicted octanol–water partition coefficient (Wildman–Crippen LogP) is 4.95. The van der Waals surface area contributed by atoms with Crippen molar-refractivity contribution in [1.82, 2.24) is 5.16 Å². The number of halogens is 2. The molecule has 0 bridgehead atoms. The molecule has 6 heteroatoms. The molecule has 1 aromatic rings. The molecule has 0 radical (unpaired) electrons. The Balaban J connectivity index is 0. The maximum Gasteiger partial charge on any atom is 0.236 e. The molecule has 0 atom stereocenters. The van der Waals surface area contributed by atoms with Gasteiger partial charge in [0, 0.05) is 6.07 Å². The lowest BCUT2D eigenvalue weighted by Crippen LogP contribution is -2.12. The molecule has 0 unspecified atom stereocenters. The standard InChI is InChI=1S/C8H18.C5H5BrN2O2.BrH/c1-3-5-7-8-6-4-2;6-3-5(9)7-4-1-2-10-8-4;/h3-8H2,1-2H3;1-2H,3H2,(H,7,8,9);1H. The quantitative estimate of drug-likeness (QED) is 0.521. The number of hydrogen-bond donors (Lipinski definition) is 1. The zero-order valence-corrected chi connectivity index (χ0v) is 15.0. The smallest absolute Gasteiger partial charge is 0.236 e. The molecule has 0 spiro atoms. The zero-order valence-electron chi connectivity index (χ0n) is 11.7. The van der Waals surface area contributed by atoms with E-state index >= 15 is 0 Å². The second-order valence-corrected chi connectivity index (χ2v) is 4.54. The lowest BCUT2D eigenvalue weighted by Gasteiger charge is -1.93. The van der Waals surface area contributed by atoms with Crippen molar-refractivity contribution in [3.8, 4) is 0 Å². The summed E-state index contributed by atoms with van der Waals surface area (Å²) < 4.78 is 4.48. The summed E-state index contributed by atoms with van der Waals surface area (Å²) in [6.07, 6.45) is 9.88. The fraction of sp³-hybridized carbons (Fsp3) is 0.692. The van der Waals surface area contributed by atoms with E-state index in [1.54, 1.807) is 6.07 Å². The summed E-state index contributed by atoms with van der Waals surface area (Å²) in [7, 11) is 0. The van der Waals surface area contributed by atoms with Crippen molar-refractivity contribution >= 4 is 44.6 Å². The van der Waals surface area contributed by atoms with Gasteiger partial charge in [-0.3, -0.25) is 4.79 Å². The topological polar surface area (TPSA) is 55.1 Å². The van der Waals surface area contributed by atoms with Crippen molar-refractivity contribution in [3.05, 3.63) is 12.3 Å². The zero-order chi connectivity index (χ0) is 13.6. The maximum absolute atomic E-state index is 10.6. The first-order chi connectivity index (χ1) is 8.74. The number of carbonyl (C=O) groups excluding carboxylic acids is 1. The van der Waals surface area contributed by atoms with Crippen LogP contribution in [-0.2, 0) is 4.79 Å². The Hall–Kier alpha value is -0.360. The highest BCUT2D eigenvalue weighted by atomic mass is 79.9. The number of amides is 1. The van der Waals surface area contributed by atoms with E-state index in [2.05, 4.69) is 44.8 Å². The minimum absolute atomic E-state index is 0. The van der Waals surface area contributed by atoms with Crippen LogP contribution in [0.15, 0.2) is 16.9 Å². The van der Waals surface area contributed by atoms with Crippen molar-refractivity contribution in [3.63, 3.8) is 0 Å². The molecule has 1 rings (SSSR count). The number of carbonyl (C=O) groups is 1. The van der Waals surface area contributed by atoms with E-state index in [0.29, 0.717) is 5.82 Å². The van der Waals surface area contributed by atoms with Crippen LogP contribution in [0.4, 0.5) is 5.82 Å². The molecule has 1 heterocycles. The molecule has 0 aliphatic rings. The van der Waals surface area contributed by atoms with Crippen LogP contribution >= 0.6 is 32.9 Å². The van der Waals surface area contributed by atoms with E-state index in [-0.39, 0.29) is 28.2 Å². The molecular formula is C13H24Br2N2O2. The average Bonchev–Trinajstić information content (AvgIpc) is 2.88. The van der Waals surface area contributed by atoms with Crippen LogP contribution in [0.3, 0.4) is 0 Å². The minimum Gasteiger partial charge on any atom is -0.363 e. The highest BCUT2D eigenvalue weighted by Gasteiger charge is 2.00. The fourth-order valence-corrected chi connectivity index (χ4v) is 1.45. The normalized spacial score (nSPS) is 9.00. The Morgan fingerprint density at radius 1 is 1.26 bits per heavy atom. The summed E-state index contributed by atoms with van der Waals surface area (Å²) in [6.45, 7) is 4.51. The second-order valence-electron chi connectivity index (χ2n) is 3.98. The molecule has 19 heavy (non-hydrogen) atoms. The summed E-state index contributed by atoms with van der Waals surface area (Å²) >= 11 is 2.99. The van der Waals surface area contributed by atoms with Crippen molar-refractivity contribution in [2.75, 3.05) is 10.6 Å². The third kappa shape index (κ3) is 13.9. The van der Waals surface area contributed by atoms with Gasteiger partial charge in [0.2, 0.25) is 5.91 Å². The summed E-state index contributed by atoms with van der Waals surface area (Å²) in [5, 5.41) is 6.22. The molecule has 0 saturated carbocycles. The number of rotatable bonds is 7. The lowest BCUT2D eigenvalue weighted by atomic mass is 10.1. The van der Waals surface area contributed by atoms with Crippen molar-refractivity contribution in [2.45, 2.75) is 52.4 Å². The molecule has 1 N–H and O–H groups in total. The van der Waals surface area contributed by atoms with E-state index in [0.717, 1.165) is 0 Å². The van der Waals surface area contributed by atoms with Gasteiger partial charge in [-0.2, -0.15) is 0 Å². The Labute approximate surface area is 134 Å². The average molecular weight is 400 g/mol. The maximum atomic E-state index is 10.6. The van der Waals surface area contributed by atoms with Gasteiger partial charge in [-0.15, -0.1) is 17.0 Å². The summed E-state index contributed by atoms with van der Waals surface area (Å²) in [4.78, 5) is 10.6. The van der Waals surface area contributed by atoms with E-state index in [9.17, 15) is 4.79 Å². The molecule has 1 aromatic heterocycles. The van der Waals surface area contributed by atoms with Crippen LogP contribution in [0, 0.1) is 0 Å². The highest BCUT2D eigenvalue weighted by molar-refractivity contribution is 9.09. The van der Waals surface area contributed by atoms with Gasteiger partial charge in [0.25, 0.3) is 0 Å². The molecule has 0 aromatic carbocycles. The number of alkyl halides is 1. The van der Waals surface area contributed by atoms with Crippen molar-refractivity contribution < 1.29 is 9.32 Å². The van der Waals surface area contributed by atoms with Crippen LogP contribution in [0.2, 0.25) is 0 Å². The van der Waals surface area contributed by atoms with Crippen LogP contribution in [-0.4, -0.2) is 16.4 Å². The molecule has 4 nitrogen and oxygen atoms in total. The number of anilines is 1. The first-order valence-electron chi connectivity index (χ1n) is 6.50. The molecule has 0 aliphatic carbocycles. The first-order valence-corrected chi connectivity index (χ1v) is 7.62. The van der Waals surface area contributed by atoms with Gasteiger partial charge >= 0.3 is 0 Å². The SMILES string of the molecule is Br.CCCCCCCC.O=C(CBr)Nc1ccon1. The Bertz CT molecular complexity index is 287. The van der Waals surface area contributed by atoms with Crippen LogP contribution < -0.4 is 5.32 Å². The Morgan fingerprint density at radius 3 is 2.21 bits per heavy atom. The Morgan fingerprint density at radius 2 is 1.84 bits per heavy atom. The molecule has 0 fully saturated rings. The lowest BCUT2D eigenvalue weighted by molar-refractivity contribution is -0.113. The third-order valence-corrected chi connectivity index (χ3v) is 2.79. The molecule has 0 aliphatic heterocycles. The summed E-state index contributed by atoms with van der Waals surface area (Å²) in [5.74, 6) is 0.290. The number of aromatic nitrogens is 1. The van der Waals surface area contributed by atoms with E-state index in [1.165, 1.54) is 44.8 Å². The van der Waals surface area contributed by atoms with Crippen LogP contribution in [0.5, 0.6) is 0 Å². The van der Waals surface area contributed by atoms with E-state index < -0.39 is 0 Å².